The molecule has 0 amide bonds. The van der Waals surface area contributed by atoms with E-state index in [2.05, 4.69) is 144 Å². The number of fused-ring (bicyclic) bond motifs is 6. The summed E-state index contributed by atoms with van der Waals surface area (Å²) in [6, 6.07) is 52.8. The first-order valence-corrected chi connectivity index (χ1v) is 18.7. The van der Waals surface area contributed by atoms with Gasteiger partial charge < -0.3 is 4.90 Å². The Balaban J connectivity index is 1.17. The first-order chi connectivity index (χ1) is 23.8. The highest BCUT2D eigenvalue weighted by atomic mass is 32.1. The van der Waals surface area contributed by atoms with Gasteiger partial charge in [-0.2, -0.15) is 0 Å². The van der Waals surface area contributed by atoms with Crippen LogP contribution in [-0.2, 0) is 5.41 Å². The van der Waals surface area contributed by atoms with Gasteiger partial charge in [0.1, 0.15) is 0 Å². The number of hydrogen-bond acceptors (Lipinski definition) is 2. The molecule has 48 heavy (non-hydrogen) atoms. The standard InChI is InChI=1S/C46H37NS/c1-2-10-31(11-3-1)32-12-8-13-35(27-32)47(36-20-21-38-37-14-5-7-19-43(37)48-44(38)28-36)42-18-9-17-41-45(42)39-15-4-6-16-40(39)46(41)33-23-29-22-30(25-33)26-34(46)24-29/h1-21,27-30,33-34H,22-26H2. The predicted octanol–water partition coefficient (Wildman–Crippen LogP) is 12.9. The second-order valence-corrected chi connectivity index (χ2v) is 16.0. The van der Waals surface area contributed by atoms with E-state index in [1.807, 2.05) is 11.3 Å². The van der Waals surface area contributed by atoms with Crippen LogP contribution < -0.4 is 4.90 Å². The van der Waals surface area contributed by atoms with Crippen LogP contribution in [0.3, 0.4) is 0 Å². The summed E-state index contributed by atoms with van der Waals surface area (Å²) in [6.07, 6.45) is 7.07. The average molecular weight is 636 g/mol. The summed E-state index contributed by atoms with van der Waals surface area (Å²) in [6.45, 7) is 0. The summed E-state index contributed by atoms with van der Waals surface area (Å²) < 4.78 is 2.68. The summed E-state index contributed by atoms with van der Waals surface area (Å²) in [4.78, 5) is 2.57. The Hall–Kier alpha value is -4.66. The molecule has 0 radical (unpaired) electrons. The van der Waals surface area contributed by atoms with Crippen LogP contribution in [-0.4, -0.2) is 0 Å². The van der Waals surface area contributed by atoms with Crippen molar-refractivity contribution in [2.45, 2.75) is 37.5 Å². The summed E-state index contributed by atoms with van der Waals surface area (Å²) in [7, 11) is 0. The molecule has 5 aliphatic rings. The van der Waals surface area contributed by atoms with Crippen LogP contribution in [0.15, 0.2) is 140 Å². The van der Waals surface area contributed by atoms with Crippen molar-refractivity contribution in [1.82, 2.24) is 0 Å². The third-order valence-electron chi connectivity index (χ3n) is 12.6. The number of anilines is 3. The van der Waals surface area contributed by atoms with E-state index in [1.54, 1.807) is 11.1 Å². The second kappa shape index (κ2) is 10.2. The van der Waals surface area contributed by atoms with Gasteiger partial charge in [-0.25, -0.2) is 0 Å². The molecule has 0 N–H and O–H groups in total. The molecule has 0 saturated heterocycles. The van der Waals surface area contributed by atoms with Crippen molar-refractivity contribution >= 4 is 48.6 Å². The lowest BCUT2D eigenvalue weighted by Gasteiger charge is -2.61. The highest BCUT2D eigenvalue weighted by molar-refractivity contribution is 7.25. The van der Waals surface area contributed by atoms with E-state index in [1.165, 1.54) is 91.6 Å². The zero-order chi connectivity index (χ0) is 31.4. The van der Waals surface area contributed by atoms with E-state index >= 15 is 0 Å². The van der Waals surface area contributed by atoms with Crippen LogP contribution in [0.5, 0.6) is 0 Å². The first-order valence-electron chi connectivity index (χ1n) is 17.9. The molecule has 4 saturated carbocycles. The molecular weight excluding hydrogens is 599 g/mol. The van der Waals surface area contributed by atoms with Crippen LogP contribution in [0.2, 0.25) is 0 Å². The van der Waals surface area contributed by atoms with Crippen molar-refractivity contribution in [2.75, 3.05) is 4.90 Å². The van der Waals surface area contributed by atoms with Crippen molar-refractivity contribution in [2.24, 2.45) is 23.7 Å². The topological polar surface area (TPSA) is 3.24 Å². The molecule has 1 heterocycles. The van der Waals surface area contributed by atoms with Crippen LogP contribution in [0.4, 0.5) is 17.1 Å². The van der Waals surface area contributed by atoms with E-state index in [0.717, 1.165) is 23.7 Å². The van der Waals surface area contributed by atoms with Gasteiger partial charge in [-0.15, -0.1) is 11.3 Å². The fourth-order valence-electron chi connectivity index (χ4n) is 11.1. The maximum Gasteiger partial charge on any atom is 0.0543 e. The van der Waals surface area contributed by atoms with Gasteiger partial charge in [0.05, 0.1) is 5.69 Å². The molecule has 5 aliphatic carbocycles. The van der Waals surface area contributed by atoms with Gasteiger partial charge in [-0.05, 0) is 120 Å². The molecule has 7 aromatic rings. The quantitative estimate of drug-likeness (QED) is 0.186. The van der Waals surface area contributed by atoms with Gasteiger partial charge in [0.2, 0.25) is 0 Å². The van der Waals surface area contributed by atoms with Crippen molar-refractivity contribution in [3.63, 3.8) is 0 Å². The predicted molar refractivity (Wildman–Crippen MR) is 203 cm³/mol. The first kappa shape index (κ1) is 27.3. The SMILES string of the molecule is c1ccc(-c2cccc(N(c3ccc4c(c3)sc3ccccc34)c3cccc4c3-c3ccccc3C43C4CC5CC(C4)CC3C5)c2)cc1. The van der Waals surface area contributed by atoms with Crippen LogP contribution >= 0.6 is 11.3 Å². The summed E-state index contributed by atoms with van der Waals surface area (Å²) >= 11 is 1.90. The maximum atomic E-state index is 2.57. The number of rotatable bonds is 4. The number of thiophene rings is 1. The lowest BCUT2D eigenvalue weighted by molar-refractivity contribution is -0.0399. The number of nitrogens with zero attached hydrogens (tertiary/aromatic N) is 1. The highest BCUT2D eigenvalue weighted by Crippen LogP contribution is 2.70. The fourth-order valence-corrected chi connectivity index (χ4v) is 12.2. The average Bonchev–Trinajstić information content (AvgIpc) is 3.65. The number of hydrogen-bond donors (Lipinski definition) is 0. The lowest BCUT2D eigenvalue weighted by Crippen LogP contribution is -2.55. The molecule has 0 atom stereocenters. The molecule has 0 unspecified atom stereocenters. The number of benzene rings is 6. The van der Waals surface area contributed by atoms with Gasteiger partial charge in [0, 0.05) is 42.5 Å². The minimum Gasteiger partial charge on any atom is -0.310 e. The third kappa shape index (κ3) is 3.73. The van der Waals surface area contributed by atoms with E-state index in [9.17, 15) is 0 Å². The molecule has 2 heteroatoms. The Kier molecular flexibility index (Phi) is 5.79. The van der Waals surface area contributed by atoms with E-state index in [-0.39, 0.29) is 5.41 Å². The van der Waals surface area contributed by atoms with Crippen molar-refractivity contribution in [1.29, 1.82) is 0 Å². The minimum atomic E-state index is 0.141. The molecule has 0 aliphatic heterocycles. The lowest BCUT2D eigenvalue weighted by atomic mass is 9.43. The molecule has 1 aromatic heterocycles. The van der Waals surface area contributed by atoms with E-state index < -0.39 is 0 Å². The monoisotopic (exact) mass is 635 g/mol. The van der Waals surface area contributed by atoms with Crippen LogP contribution in [0.25, 0.3) is 42.4 Å². The van der Waals surface area contributed by atoms with Gasteiger partial charge in [-0.1, -0.05) is 103 Å². The van der Waals surface area contributed by atoms with Gasteiger partial charge in [0.15, 0.2) is 0 Å². The third-order valence-corrected chi connectivity index (χ3v) is 13.8. The Bertz CT molecular complexity index is 2350. The van der Waals surface area contributed by atoms with Gasteiger partial charge in [0.25, 0.3) is 0 Å². The zero-order valence-electron chi connectivity index (χ0n) is 27.0. The Morgan fingerprint density at radius 1 is 0.500 bits per heavy atom. The highest BCUT2D eigenvalue weighted by Gasteiger charge is 2.61. The Labute approximate surface area is 286 Å². The smallest absolute Gasteiger partial charge is 0.0543 e. The summed E-state index contributed by atoms with van der Waals surface area (Å²) in [5.41, 5.74) is 12.5. The minimum absolute atomic E-state index is 0.141. The molecular formula is C46H37NS. The fraction of sp³-hybridized carbons (Fsp3) is 0.217. The molecule has 1 nitrogen and oxygen atoms in total. The maximum absolute atomic E-state index is 2.57. The van der Waals surface area contributed by atoms with Gasteiger partial charge in [-0.3, -0.25) is 0 Å². The molecule has 12 rings (SSSR count). The van der Waals surface area contributed by atoms with Crippen LogP contribution in [0, 0.1) is 23.7 Å². The molecule has 6 aromatic carbocycles. The Morgan fingerprint density at radius 3 is 2.02 bits per heavy atom. The molecule has 4 bridgehead atoms. The van der Waals surface area contributed by atoms with E-state index in [0.29, 0.717) is 0 Å². The molecule has 4 fully saturated rings. The second-order valence-electron chi connectivity index (χ2n) is 14.9. The largest absolute Gasteiger partial charge is 0.310 e. The van der Waals surface area contributed by atoms with Crippen LogP contribution in [0.1, 0.15) is 43.2 Å². The van der Waals surface area contributed by atoms with Crippen molar-refractivity contribution in [3.05, 3.63) is 151 Å². The summed E-state index contributed by atoms with van der Waals surface area (Å²) in [5.74, 6) is 3.36. The molecule has 1 spiro atoms. The van der Waals surface area contributed by atoms with Crippen molar-refractivity contribution < 1.29 is 0 Å². The normalized spacial score (nSPS) is 24.8. The zero-order valence-corrected chi connectivity index (χ0v) is 27.8. The molecule has 232 valence electrons. The van der Waals surface area contributed by atoms with E-state index in [4.69, 9.17) is 0 Å². The summed E-state index contributed by atoms with van der Waals surface area (Å²) in [5, 5.41) is 2.69. The van der Waals surface area contributed by atoms with Crippen molar-refractivity contribution in [3.8, 4) is 22.3 Å². The Morgan fingerprint density at radius 2 is 1.17 bits per heavy atom. The van der Waals surface area contributed by atoms with Gasteiger partial charge >= 0.3 is 0 Å².